The van der Waals surface area contributed by atoms with Crippen LogP contribution < -0.4 is 5.32 Å². The van der Waals surface area contributed by atoms with Gasteiger partial charge in [-0.1, -0.05) is 0 Å². The highest BCUT2D eigenvalue weighted by Crippen LogP contribution is 2.18. The zero-order valence-corrected chi connectivity index (χ0v) is 15.7. The smallest absolute Gasteiger partial charge is 0.220 e. The summed E-state index contributed by atoms with van der Waals surface area (Å²) in [6.07, 6.45) is 6.29. The number of aryl methyl sites for hydroxylation is 2. The molecule has 0 spiro atoms. The first-order valence-corrected chi connectivity index (χ1v) is 9.36. The van der Waals surface area contributed by atoms with Gasteiger partial charge in [-0.2, -0.15) is 10.4 Å². The number of carbonyl (C=O) groups excluding carboxylic acids is 1. The topological polar surface area (TPSA) is 100 Å². The number of hydrogen-bond acceptors (Lipinski definition) is 6. The molecule has 0 aliphatic carbocycles. The van der Waals surface area contributed by atoms with E-state index in [0.717, 1.165) is 27.6 Å². The van der Waals surface area contributed by atoms with Crippen LogP contribution in [0.1, 0.15) is 34.6 Å². The Kier molecular flexibility index (Phi) is 4.33. The van der Waals surface area contributed by atoms with Gasteiger partial charge in [0.2, 0.25) is 5.91 Å². The summed E-state index contributed by atoms with van der Waals surface area (Å²) >= 11 is 1.56. The molecule has 0 atom stereocenters. The van der Waals surface area contributed by atoms with Crippen molar-refractivity contribution in [2.24, 2.45) is 0 Å². The number of rotatable bonds is 5. The third kappa shape index (κ3) is 3.15. The molecule has 27 heavy (non-hydrogen) atoms. The monoisotopic (exact) mass is 379 g/mol. The van der Waals surface area contributed by atoms with Gasteiger partial charge in [-0.3, -0.25) is 9.20 Å². The van der Waals surface area contributed by atoms with Gasteiger partial charge in [-0.15, -0.1) is 11.3 Å². The number of nitrogens with one attached hydrogen (secondary N) is 1. The van der Waals surface area contributed by atoms with Gasteiger partial charge in [0.25, 0.3) is 0 Å². The fourth-order valence-corrected chi connectivity index (χ4v) is 3.85. The molecule has 0 aromatic carbocycles. The summed E-state index contributed by atoms with van der Waals surface area (Å²) in [7, 11) is 0. The van der Waals surface area contributed by atoms with Crippen molar-refractivity contribution >= 4 is 27.9 Å². The molecular formula is C18H17N7OS. The molecule has 0 unspecified atom stereocenters. The van der Waals surface area contributed by atoms with Crippen molar-refractivity contribution in [3.05, 3.63) is 52.2 Å². The maximum atomic E-state index is 12.3. The van der Waals surface area contributed by atoms with E-state index in [4.69, 9.17) is 5.26 Å². The Hall–Kier alpha value is -3.25. The Labute approximate surface area is 159 Å². The van der Waals surface area contributed by atoms with Crippen LogP contribution in [0.3, 0.4) is 0 Å². The van der Waals surface area contributed by atoms with E-state index in [9.17, 15) is 4.79 Å². The quantitative estimate of drug-likeness (QED) is 0.573. The second-order valence-corrected chi connectivity index (χ2v) is 7.14. The summed E-state index contributed by atoms with van der Waals surface area (Å²) < 4.78 is 3.61. The molecule has 1 amide bonds. The van der Waals surface area contributed by atoms with Gasteiger partial charge < -0.3 is 5.32 Å². The fourth-order valence-electron chi connectivity index (χ4n) is 3.13. The standard InChI is InChI=1S/C18H17N7OS/c1-11-15(12(2)25-17(22-11)13(7-19)8-21-25)3-4-16(26)20-9-14-10-24-5-6-27-18(24)23-14/h5-6,8,10H,3-4,9H2,1-2H3,(H,20,26). The van der Waals surface area contributed by atoms with E-state index < -0.39 is 0 Å². The highest BCUT2D eigenvalue weighted by molar-refractivity contribution is 7.15. The lowest BCUT2D eigenvalue weighted by molar-refractivity contribution is -0.121. The molecule has 0 aliphatic heterocycles. The lowest BCUT2D eigenvalue weighted by Crippen LogP contribution is -2.23. The Morgan fingerprint density at radius 3 is 3.00 bits per heavy atom. The summed E-state index contributed by atoms with van der Waals surface area (Å²) in [5, 5.41) is 18.3. The van der Waals surface area contributed by atoms with Crippen LogP contribution in [-0.2, 0) is 17.8 Å². The van der Waals surface area contributed by atoms with Gasteiger partial charge in [-0.25, -0.2) is 14.5 Å². The molecule has 0 fully saturated rings. The van der Waals surface area contributed by atoms with Crippen LogP contribution >= 0.6 is 11.3 Å². The zero-order valence-electron chi connectivity index (χ0n) is 14.9. The van der Waals surface area contributed by atoms with Crippen molar-refractivity contribution in [2.45, 2.75) is 33.2 Å². The average molecular weight is 379 g/mol. The maximum absolute atomic E-state index is 12.3. The Bertz CT molecular complexity index is 1170. The predicted octanol–water partition coefficient (Wildman–Crippen LogP) is 2.18. The number of nitrogens with zero attached hydrogens (tertiary/aromatic N) is 6. The first-order valence-electron chi connectivity index (χ1n) is 8.48. The largest absolute Gasteiger partial charge is 0.350 e. The number of fused-ring (bicyclic) bond motifs is 2. The van der Waals surface area contributed by atoms with E-state index in [1.165, 1.54) is 6.20 Å². The fraction of sp³-hybridized carbons (Fsp3) is 0.278. The molecule has 1 N–H and O–H groups in total. The van der Waals surface area contributed by atoms with Crippen LogP contribution in [0, 0.1) is 25.2 Å². The maximum Gasteiger partial charge on any atom is 0.220 e. The van der Waals surface area contributed by atoms with Crippen molar-refractivity contribution in [1.29, 1.82) is 5.26 Å². The van der Waals surface area contributed by atoms with Crippen LogP contribution in [0.25, 0.3) is 10.6 Å². The summed E-state index contributed by atoms with van der Waals surface area (Å²) in [6.45, 7) is 4.24. The van der Waals surface area contributed by atoms with E-state index in [2.05, 4.69) is 26.5 Å². The molecule has 4 aromatic rings. The van der Waals surface area contributed by atoms with Gasteiger partial charge in [0.1, 0.15) is 11.6 Å². The SMILES string of the molecule is Cc1nc2c(C#N)cnn2c(C)c1CCC(=O)NCc1cn2ccsc2n1. The number of amides is 1. The van der Waals surface area contributed by atoms with E-state index in [0.29, 0.717) is 30.6 Å². The summed E-state index contributed by atoms with van der Waals surface area (Å²) in [4.78, 5) is 22.1. The molecule has 4 aromatic heterocycles. The number of carbonyl (C=O) groups is 1. The molecule has 8 nitrogen and oxygen atoms in total. The average Bonchev–Trinajstić information content (AvgIpc) is 3.33. The van der Waals surface area contributed by atoms with Gasteiger partial charge in [0, 0.05) is 35.6 Å². The van der Waals surface area contributed by atoms with Crippen molar-refractivity contribution in [2.75, 3.05) is 0 Å². The third-order valence-electron chi connectivity index (χ3n) is 4.54. The number of nitriles is 1. The molecule has 0 bridgehead atoms. The molecule has 0 aliphatic rings. The Morgan fingerprint density at radius 2 is 2.22 bits per heavy atom. The number of thiazole rings is 1. The second-order valence-electron chi connectivity index (χ2n) is 6.27. The van der Waals surface area contributed by atoms with E-state index >= 15 is 0 Å². The van der Waals surface area contributed by atoms with Crippen LogP contribution in [0.4, 0.5) is 0 Å². The van der Waals surface area contributed by atoms with Crippen molar-refractivity contribution in [3.8, 4) is 6.07 Å². The minimum atomic E-state index is -0.0385. The van der Waals surface area contributed by atoms with Crippen LogP contribution in [0.2, 0.25) is 0 Å². The molecule has 0 saturated carbocycles. The number of hydrogen-bond donors (Lipinski definition) is 1. The number of imidazole rings is 1. The summed E-state index contributed by atoms with van der Waals surface area (Å²) in [5.74, 6) is -0.0385. The van der Waals surface area contributed by atoms with Crippen LogP contribution in [-0.4, -0.2) is 29.9 Å². The second kappa shape index (κ2) is 6.81. The first kappa shape index (κ1) is 17.2. The lowest BCUT2D eigenvalue weighted by Gasteiger charge is -2.11. The van der Waals surface area contributed by atoms with Gasteiger partial charge >= 0.3 is 0 Å². The zero-order chi connectivity index (χ0) is 19.0. The molecular weight excluding hydrogens is 362 g/mol. The highest BCUT2D eigenvalue weighted by Gasteiger charge is 2.15. The van der Waals surface area contributed by atoms with Crippen LogP contribution in [0.5, 0.6) is 0 Å². The molecule has 0 radical (unpaired) electrons. The van der Waals surface area contributed by atoms with Crippen molar-refractivity contribution in [3.63, 3.8) is 0 Å². The minimum absolute atomic E-state index is 0.0385. The molecule has 4 heterocycles. The molecule has 9 heteroatoms. The Morgan fingerprint density at radius 1 is 1.37 bits per heavy atom. The van der Waals surface area contributed by atoms with Crippen molar-refractivity contribution in [1.82, 2.24) is 29.3 Å². The Balaban J connectivity index is 1.42. The molecule has 4 rings (SSSR count). The first-order chi connectivity index (χ1) is 13.1. The predicted molar refractivity (Wildman–Crippen MR) is 100 cm³/mol. The van der Waals surface area contributed by atoms with Crippen LogP contribution in [0.15, 0.2) is 24.0 Å². The summed E-state index contributed by atoms with van der Waals surface area (Å²) in [6, 6.07) is 2.10. The lowest BCUT2D eigenvalue weighted by atomic mass is 10.1. The van der Waals surface area contributed by atoms with E-state index in [-0.39, 0.29) is 5.91 Å². The minimum Gasteiger partial charge on any atom is -0.350 e. The van der Waals surface area contributed by atoms with E-state index in [1.54, 1.807) is 15.9 Å². The van der Waals surface area contributed by atoms with E-state index in [1.807, 2.05) is 36.0 Å². The summed E-state index contributed by atoms with van der Waals surface area (Å²) in [5.41, 5.74) is 4.55. The normalized spacial score (nSPS) is 11.1. The highest BCUT2D eigenvalue weighted by atomic mass is 32.1. The van der Waals surface area contributed by atoms with Gasteiger partial charge in [0.05, 0.1) is 18.4 Å². The third-order valence-corrected chi connectivity index (χ3v) is 5.31. The van der Waals surface area contributed by atoms with Crippen molar-refractivity contribution < 1.29 is 4.79 Å². The number of aromatic nitrogens is 5. The molecule has 0 saturated heterocycles. The molecule has 136 valence electrons. The van der Waals surface area contributed by atoms with Gasteiger partial charge in [0.15, 0.2) is 10.6 Å². The van der Waals surface area contributed by atoms with Gasteiger partial charge in [-0.05, 0) is 25.8 Å².